The second kappa shape index (κ2) is 8.55. The van der Waals surface area contributed by atoms with Crippen LogP contribution in [-0.2, 0) is 16.8 Å². The number of hydrogen-bond acceptors (Lipinski definition) is 2. The molecule has 3 rings (SSSR count). The van der Waals surface area contributed by atoms with Crippen LogP contribution >= 0.6 is 23.2 Å². The summed E-state index contributed by atoms with van der Waals surface area (Å²) in [5, 5.41) is 4.95. The zero-order valence-corrected chi connectivity index (χ0v) is 16.1. The van der Waals surface area contributed by atoms with E-state index in [0.29, 0.717) is 29.3 Å². The molecule has 2 atom stereocenters. The van der Waals surface area contributed by atoms with Gasteiger partial charge in [-0.05, 0) is 47.9 Å². The Kier molecular flexibility index (Phi) is 6.40. The molecule has 0 spiro atoms. The third kappa shape index (κ3) is 4.98. The molecule has 2 aromatic rings. The van der Waals surface area contributed by atoms with Crippen molar-refractivity contribution in [2.45, 2.75) is 44.2 Å². The van der Waals surface area contributed by atoms with Crippen LogP contribution in [0.2, 0.25) is 10.0 Å². The lowest BCUT2D eigenvalue weighted by Crippen LogP contribution is -2.31. The number of ether oxygens (including phenoxy) is 1. The number of rotatable bonds is 7. The van der Waals surface area contributed by atoms with Crippen LogP contribution in [0.1, 0.15) is 37.3 Å². The third-order valence-corrected chi connectivity index (χ3v) is 5.75. The Hall–Kier alpha value is -1.06. The van der Waals surface area contributed by atoms with Gasteiger partial charge in [-0.15, -0.1) is 0 Å². The molecular formula is C21H25Cl2NO. The van der Waals surface area contributed by atoms with Crippen molar-refractivity contribution in [2.24, 2.45) is 0 Å². The van der Waals surface area contributed by atoms with E-state index in [1.54, 1.807) is 6.07 Å². The first kappa shape index (κ1) is 18.7. The van der Waals surface area contributed by atoms with Crippen molar-refractivity contribution in [3.05, 3.63) is 69.7 Å². The molecule has 0 amide bonds. The Morgan fingerprint density at radius 3 is 2.72 bits per heavy atom. The summed E-state index contributed by atoms with van der Waals surface area (Å²) < 4.78 is 5.75. The van der Waals surface area contributed by atoms with Crippen molar-refractivity contribution in [1.29, 1.82) is 0 Å². The van der Waals surface area contributed by atoms with Crippen LogP contribution in [-0.4, -0.2) is 19.2 Å². The van der Waals surface area contributed by atoms with Crippen molar-refractivity contribution in [3.63, 3.8) is 0 Å². The molecule has 4 heteroatoms. The Bertz CT molecular complexity index is 692. The van der Waals surface area contributed by atoms with Crippen LogP contribution in [0.5, 0.6) is 0 Å². The van der Waals surface area contributed by atoms with Crippen LogP contribution in [0, 0.1) is 0 Å². The van der Waals surface area contributed by atoms with Crippen LogP contribution < -0.4 is 5.32 Å². The normalized spacial score (nSPS) is 23.1. The summed E-state index contributed by atoms with van der Waals surface area (Å²) in [4.78, 5) is 0. The van der Waals surface area contributed by atoms with Crippen LogP contribution in [0.4, 0.5) is 0 Å². The number of benzene rings is 2. The lowest BCUT2D eigenvalue weighted by molar-refractivity contribution is 0.120. The quantitative estimate of drug-likeness (QED) is 0.633. The SMILES string of the molecule is CC1(c2ccccc2)CCC(NCCOCc2ccc(Cl)cc2Cl)C1. The maximum Gasteiger partial charge on any atom is 0.0732 e. The molecule has 25 heavy (non-hydrogen) atoms. The van der Waals surface area contributed by atoms with Crippen molar-refractivity contribution >= 4 is 23.2 Å². The van der Waals surface area contributed by atoms with Gasteiger partial charge < -0.3 is 10.1 Å². The summed E-state index contributed by atoms with van der Waals surface area (Å²) in [5.74, 6) is 0. The van der Waals surface area contributed by atoms with Gasteiger partial charge in [0.1, 0.15) is 0 Å². The molecule has 0 saturated heterocycles. The lowest BCUT2D eigenvalue weighted by atomic mass is 9.81. The van der Waals surface area contributed by atoms with E-state index in [9.17, 15) is 0 Å². The minimum absolute atomic E-state index is 0.288. The molecule has 1 aliphatic carbocycles. The van der Waals surface area contributed by atoms with Crippen molar-refractivity contribution < 1.29 is 4.74 Å². The van der Waals surface area contributed by atoms with Gasteiger partial charge in [-0.2, -0.15) is 0 Å². The Labute approximate surface area is 160 Å². The Morgan fingerprint density at radius 1 is 1.16 bits per heavy atom. The zero-order chi connectivity index (χ0) is 17.7. The third-order valence-electron chi connectivity index (χ3n) is 5.16. The fourth-order valence-corrected chi connectivity index (χ4v) is 4.14. The van der Waals surface area contributed by atoms with E-state index in [2.05, 4.69) is 42.6 Å². The predicted molar refractivity (Wildman–Crippen MR) is 106 cm³/mol. The average molecular weight is 378 g/mol. The fraction of sp³-hybridized carbons (Fsp3) is 0.429. The van der Waals surface area contributed by atoms with Crippen LogP contribution in [0.25, 0.3) is 0 Å². The molecule has 1 fully saturated rings. The Balaban J connectivity index is 1.39. The molecule has 0 aromatic heterocycles. The van der Waals surface area contributed by atoms with Gasteiger partial charge in [0.05, 0.1) is 13.2 Å². The van der Waals surface area contributed by atoms with E-state index in [1.807, 2.05) is 12.1 Å². The minimum Gasteiger partial charge on any atom is -0.375 e. The molecule has 0 radical (unpaired) electrons. The molecule has 1 saturated carbocycles. The molecule has 2 nitrogen and oxygen atoms in total. The van der Waals surface area contributed by atoms with Gasteiger partial charge in [0.2, 0.25) is 0 Å². The number of hydrogen-bond donors (Lipinski definition) is 1. The fourth-order valence-electron chi connectivity index (χ4n) is 3.67. The zero-order valence-electron chi connectivity index (χ0n) is 14.6. The van der Waals surface area contributed by atoms with Gasteiger partial charge in [-0.1, -0.05) is 66.5 Å². The molecule has 1 N–H and O–H groups in total. The topological polar surface area (TPSA) is 21.3 Å². The van der Waals surface area contributed by atoms with Crippen molar-refractivity contribution in [1.82, 2.24) is 5.32 Å². The van der Waals surface area contributed by atoms with Gasteiger partial charge in [-0.25, -0.2) is 0 Å². The molecule has 2 aromatic carbocycles. The summed E-state index contributed by atoms with van der Waals surface area (Å²) in [7, 11) is 0. The van der Waals surface area contributed by atoms with E-state index in [-0.39, 0.29) is 5.41 Å². The van der Waals surface area contributed by atoms with Gasteiger partial charge in [0, 0.05) is 22.6 Å². The molecule has 134 valence electrons. The minimum atomic E-state index is 0.288. The first-order valence-corrected chi connectivity index (χ1v) is 9.63. The summed E-state index contributed by atoms with van der Waals surface area (Å²) in [6.45, 7) is 4.44. The highest BCUT2D eigenvalue weighted by atomic mass is 35.5. The molecule has 0 heterocycles. The monoisotopic (exact) mass is 377 g/mol. The number of halogens is 2. The van der Waals surface area contributed by atoms with Gasteiger partial charge in [-0.3, -0.25) is 0 Å². The molecule has 0 bridgehead atoms. The first-order valence-electron chi connectivity index (χ1n) is 8.87. The summed E-state index contributed by atoms with van der Waals surface area (Å²) in [6, 6.07) is 16.9. The summed E-state index contributed by atoms with van der Waals surface area (Å²) in [6.07, 6.45) is 3.63. The largest absolute Gasteiger partial charge is 0.375 e. The van der Waals surface area contributed by atoms with Gasteiger partial charge >= 0.3 is 0 Å². The van der Waals surface area contributed by atoms with Crippen LogP contribution in [0.15, 0.2) is 48.5 Å². The standard InChI is InChI=1S/C21H25Cl2NO/c1-21(17-5-3-2-4-6-17)10-9-19(14-21)24-11-12-25-15-16-7-8-18(22)13-20(16)23/h2-8,13,19,24H,9-12,14-15H2,1H3. The van der Waals surface area contributed by atoms with E-state index >= 15 is 0 Å². The van der Waals surface area contributed by atoms with Crippen molar-refractivity contribution in [2.75, 3.05) is 13.2 Å². The summed E-state index contributed by atoms with van der Waals surface area (Å²) >= 11 is 12.1. The lowest BCUT2D eigenvalue weighted by Gasteiger charge is -2.25. The second-order valence-corrected chi connectivity index (χ2v) is 7.95. The predicted octanol–water partition coefficient (Wildman–Crippen LogP) is 5.61. The molecule has 0 aliphatic heterocycles. The molecule has 1 aliphatic rings. The first-order chi connectivity index (χ1) is 12.1. The average Bonchev–Trinajstić information content (AvgIpc) is 3.00. The highest BCUT2D eigenvalue weighted by molar-refractivity contribution is 6.35. The van der Waals surface area contributed by atoms with Gasteiger partial charge in [0.25, 0.3) is 0 Å². The maximum atomic E-state index is 6.16. The van der Waals surface area contributed by atoms with Crippen LogP contribution in [0.3, 0.4) is 0 Å². The van der Waals surface area contributed by atoms with E-state index in [1.165, 1.54) is 24.8 Å². The van der Waals surface area contributed by atoms with E-state index in [0.717, 1.165) is 12.1 Å². The molecular weight excluding hydrogens is 353 g/mol. The summed E-state index contributed by atoms with van der Waals surface area (Å²) in [5.41, 5.74) is 2.72. The second-order valence-electron chi connectivity index (χ2n) is 7.11. The Morgan fingerprint density at radius 2 is 1.96 bits per heavy atom. The van der Waals surface area contributed by atoms with E-state index in [4.69, 9.17) is 27.9 Å². The highest BCUT2D eigenvalue weighted by Crippen LogP contribution is 2.40. The van der Waals surface area contributed by atoms with E-state index < -0.39 is 0 Å². The number of nitrogens with one attached hydrogen (secondary N) is 1. The smallest absolute Gasteiger partial charge is 0.0732 e. The highest BCUT2D eigenvalue weighted by Gasteiger charge is 2.35. The van der Waals surface area contributed by atoms with Crippen molar-refractivity contribution in [3.8, 4) is 0 Å². The maximum absolute atomic E-state index is 6.16. The molecule has 2 unspecified atom stereocenters. The van der Waals surface area contributed by atoms with Gasteiger partial charge in [0.15, 0.2) is 0 Å².